The second-order valence-corrected chi connectivity index (χ2v) is 9.25. The fraction of sp³-hybridized carbons (Fsp3) is 0.321. The number of Topliss-reactive ketones (excluding diaryl/α,β-unsaturated/α-hetero) is 2. The minimum absolute atomic E-state index is 0.0200. The predicted molar refractivity (Wildman–Crippen MR) is 139 cm³/mol. The Morgan fingerprint density at radius 3 is 2.19 bits per heavy atom. The lowest BCUT2D eigenvalue weighted by atomic mass is 9.93. The molecule has 0 aliphatic heterocycles. The summed E-state index contributed by atoms with van der Waals surface area (Å²) in [6.07, 6.45) is 6.15. The van der Waals surface area contributed by atoms with Crippen LogP contribution in [0.5, 0.6) is 0 Å². The van der Waals surface area contributed by atoms with Gasteiger partial charge in [-0.05, 0) is 48.2 Å². The van der Waals surface area contributed by atoms with Crippen molar-refractivity contribution in [3.8, 4) is 18.4 Å². The van der Waals surface area contributed by atoms with E-state index in [9.17, 15) is 19.2 Å². The van der Waals surface area contributed by atoms with Crippen molar-refractivity contribution in [2.45, 2.75) is 52.6 Å². The SMILES string of the molecule is C#CCn1c(=O)n(CC)c(=O)c2cc(CC(=O)CC(C)CC(=O)Cc3ccc(C#N)c(Cl)c3)ccc21. The maximum absolute atomic E-state index is 12.8. The van der Waals surface area contributed by atoms with Crippen molar-refractivity contribution in [3.63, 3.8) is 0 Å². The molecule has 3 rings (SSSR count). The number of carbonyl (C=O) groups is 2. The molecule has 7 nitrogen and oxygen atoms in total. The third-order valence-electron chi connectivity index (χ3n) is 5.96. The van der Waals surface area contributed by atoms with Crippen LogP contribution in [0.2, 0.25) is 5.02 Å². The topological polar surface area (TPSA) is 102 Å². The Morgan fingerprint density at radius 2 is 1.64 bits per heavy atom. The minimum atomic E-state index is -0.460. The number of hydrogen-bond donors (Lipinski definition) is 0. The molecule has 1 aromatic heterocycles. The molecule has 36 heavy (non-hydrogen) atoms. The van der Waals surface area contributed by atoms with Gasteiger partial charge in [0.1, 0.15) is 17.6 Å². The lowest BCUT2D eigenvalue weighted by Crippen LogP contribution is -2.39. The summed E-state index contributed by atoms with van der Waals surface area (Å²) in [7, 11) is 0. The van der Waals surface area contributed by atoms with Crippen molar-refractivity contribution in [2.75, 3.05) is 0 Å². The van der Waals surface area contributed by atoms with E-state index in [4.69, 9.17) is 23.3 Å². The highest BCUT2D eigenvalue weighted by molar-refractivity contribution is 6.31. The molecular weight excluding hydrogens is 478 g/mol. The molecule has 0 amide bonds. The van der Waals surface area contributed by atoms with E-state index in [0.29, 0.717) is 27.1 Å². The molecule has 3 aromatic rings. The Balaban J connectivity index is 1.68. The Bertz CT molecular complexity index is 1540. The number of nitrogens with zero attached hydrogens (tertiary/aromatic N) is 3. The van der Waals surface area contributed by atoms with Crippen molar-refractivity contribution < 1.29 is 9.59 Å². The predicted octanol–water partition coefficient (Wildman–Crippen LogP) is 3.68. The van der Waals surface area contributed by atoms with Gasteiger partial charge in [0.2, 0.25) is 0 Å². The fourth-order valence-corrected chi connectivity index (χ4v) is 4.56. The second-order valence-electron chi connectivity index (χ2n) is 8.84. The molecule has 0 radical (unpaired) electrons. The lowest BCUT2D eigenvalue weighted by molar-refractivity contribution is -0.121. The van der Waals surface area contributed by atoms with Crippen LogP contribution >= 0.6 is 11.6 Å². The zero-order valence-corrected chi connectivity index (χ0v) is 21.0. The van der Waals surface area contributed by atoms with Gasteiger partial charge in [0.15, 0.2) is 0 Å². The quantitative estimate of drug-likeness (QED) is 0.393. The van der Waals surface area contributed by atoms with Crippen molar-refractivity contribution in [1.29, 1.82) is 5.26 Å². The number of benzene rings is 2. The zero-order valence-electron chi connectivity index (χ0n) is 20.2. The van der Waals surface area contributed by atoms with E-state index in [1.54, 1.807) is 43.3 Å². The molecule has 0 bridgehead atoms. The van der Waals surface area contributed by atoms with Gasteiger partial charge in [-0.2, -0.15) is 5.26 Å². The van der Waals surface area contributed by atoms with Crippen LogP contribution in [0.25, 0.3) is 10.9 Å². The molecule has 2 aromatic carbocycles. The summed E-state index contributed by atoms with van der Waals surface area (Å²) in [5.74, 6) is 2.21. The Kier molecular flexibility index (Phi) is 8.64. The summed E-state index contributed by atoms with van der Waals surface area (Å²) in [5.41, 5.74) is 1.29. The summed E-state index contributed by atoms with van der Waals surface area (Å²) in [4.78, 5) is 50.6. The monoisotopic (exact) mass is 503 g/mol. The maximum atomic E-state index is 12.8. The lowest BCUT2D eigenvalue weighted by Gasteiger charge is -2.13. The highest BCUT2D eigenvalue weighted by Gasteiger charge is 2.17. The molecule has 184 valence electrons. The number of ketones is 2. The maximum Gasteiger partial charge on any atom is 0.332 e. The summed E-state index contributed by atoms with van der Waals surface area (Å²) in [5, 5.41) is 9.61. The zero-order chi connectivity index (χ0) is 26.4. The van der Waals surface area contributed by atoms with Gasteiger partial charge in [-0.25, -0.2) is 4.79 Å². The van der Waals surface area contributed by atoms with Crippen LogP contribution in [0, 0.1) is 29.6 Å². The molecule has 0 spiro atoms. The van der Waals surface area contributed by atoms with Crippen LogP contribution in [-0.4, -0.2) is 20.7 Å². The van der Waals surface area contributed by atoms with E-state index < -0.39 is 11.2 Å². The van der Waals surface area contributed by atoms with Gasteiger partial charge in [0, 0.05) is 32.2 Å². The highest BCUT2D eigenvalue weighted by atomic mass is 35.5. The average Bonchev–Trinajstić information content (AvgIpc) is 2.82. The molecule has 0 saturated carbocycles. The first-order valence-electron chi connectivity index (χ1n) is 11.6. The molecule has 1 heterocycles. The third kappa shape index (κ3) is 6.00. The molecule has 0 aliphatic carbocycles. The van der Waals surface area contributed by atoms with Gasteiger partial charge >= 0.3 is 5.69 Å². The average molecular weight is 504 g/mol. The summed E-state index contributed by atoms with van der Waals surface area (Å²) >= 11 is 6.03. The van der Waals surface area contributed by atoms with Crippen molar-refractivity contribution in [3.05, 3.63) is 78.9 Å². The summed E-state index contributed by atoms with van der Waals surface area (Å²) in [6, 6.07) is 11.9. The molecule has 1 atom stereocenters. The van der Waals surface area contributed by atoms with Crippen molar-refractivity contribution >= 4 is 34.1 Å². The van der Waals surface area contributed by atoms with Gasteiger partial charge in [-0.15, -0.1) is 6.42 Å². The minimum Gasteiger partial charge on any atom is -0.299 e. The van der Waals surface area contributed by atoms with Gasteiger partial charge in [0.05, 0.1) is 28.0 Å². The molecule has 0 fully saturated rings. The normalized spacial score (nSPS) is 11.6. The molecule has 0 N–H and O–H groups in total. The van der Waals surface area contributed by atoms with E-state index in [2.05, 4.69) is 5.92 Å². The standard InChI is InChI=1S/C28H26ClN3O4/c1-4-10-32-26-9-7-19(15-24(26)27(35)31(5-2)28(32)36)13-22(33)11-18(3)12-23(34)14-20-6-8-21(17-30)25(29)16-20/h1,6-9,15-16,18H,5,10-14H2,2-3H3. The van der Waals surface area contributed by atoms with Crippen LogP contribution in [0.3, 0.4) is 0 Å². The highest BCUT2D eigenvalue weighted by Crippen LogP contribution is 2.19. The van der Waals surface area contributed by atoms with Crippen LogP contribution in [-0.2, 0) is 35.5 Å². The van der Waals surface area contributed by atoms with Gasteiger partial charge in [0.25, 0.3) is 5.56 Å². The summed E-state index contributed by atoms with van der Waals surface area (Å²) in [6.45, 7) is 3.80. The molecular formula is C28H26ClN3O4. The third-order valence-corrected chi connectivity index (χ3v) is 6.28. The number of nitriles is 1. The number of rotatable bonds is 10. The molecule has 0 aliphatic rings. The van der Waals surface area contributed by atoms with Crippen LogP contribution in [0.4, 0.5) is 0 Å². The first-order valence-corrected chi connectivity index (χ1v) is 12.0. The number of hydrogen-bond acceptors (Lipinski definition) is 5. The van der Waals surface area contributed by atoms with Crippen molar-refractivity contribution in [2.24, 2.45) is 5.92 Å². The van der Waals surface area contributed by atoms with Gasteiger partial charge < -0.3 is 0 Å². The van der Waals surface area contributed by atoms with Crippen LogP contribution in [0.1, 0.15) is 43.4 Å². The number of terminal acetylenes is 1. The number of fused-ring (bicyclic) bond motifs is 1. The van der Waals surface area contributed by atoms with Gasteiger partial charge in [-0.1, -0.05) is 36.6 Å². The van der Waals surface area contributed by atoms with Gasteiger partial charge in [-0.3, -0.25) is 23.5 Å². The Morgan fingerprint density at radius 1 is 1.03 bits per heavy atom. The molecule has 0 saturated heterocycles. The molecule has 1 unspecified atom stereocenters. The first kappa shape index (κ1) is 26.7. The van der Waals surface area contributed by atoms with E-state index in [1.807, 2.05) is 13.0 Å². The van der Waals surface area contributed by atoms with Crippen molar-refractivity contribution in [1.82, 2.24) is 9.13 Å². The number of aromatic nitrogens is 2. The van der Waals surface area contributed by atoms with Crippen LogP contribution < -0.4 is 11.2 Å². The van der Waals surface area contributed by atoms with E-state index in [-0.39, 0.29) is 56.3 Å². The Labute approximate surface area is 213 Å². The smallest absolute Gasteiger partial charge is 0.299 e. The first-order chi connectivity index (χ1) is 17.2. The largest absolute Gasteiger partial charge is 0.332 e. The molecule has 8 heteroatoms. The van der Waals surface area contributed by atoms with E-state index >= 15 is 0 Å². The summed E-state index contributed by atoms with van der Waals surface area (Å²) < 4.78 is 2.50. The number of halogens is 1. The van der Waals surface area contributed by atoms with E-state index in [0.717, 1.165) is 10.1 Å². The number of carbonyl (C=O) groups excluding carboxylic acids is 2. The Hall–Kier alpha value is -3.94. The second kappa shape index (κ2) is 11.7. The van der Waals surface area contributed by atoms with E-state index in [1.165, 1.54) is 4.57 Å². The fourth-order valence-electron chi connectivity index (χ4n) is 4.31. The van der Waals surface area contributed by atoms with Crippen LogP contribution in [0.15, 0.2) is 46.0 Å².